The second-order valence-electron chi connectivity index (χ2n) is 5.44. The summed E-state index contributed by atoms with van der Waals surface area (Å²) in [5, 5.41) is 13.5. The highest BCUT2D eigenvalue weighted by Crippen LogP contribution is 2.22. The molecule has 0 spiro atoms. The Bertz CT molecular complexity index is 406. The minimum Gasteiger partial charge on any atom is -0.480 e. The van der Waals surface area contributed by atoms with Crippen LogP contribution in [0.5, 0.6) is 0 Å². The zero-order valence-corrected chi connectivity index (χ0v) is 11.7. The number of aliphatic carboxylic acids is 1. The van der Waals surface area contributed by atoms with Crippen molar-refractivity contribution >= 4 is 23.2 Å². The smallest absolute Gasteiger partial charge is 0.326 e. The minimum atomic E-state index is -0.982. The first-order valence-electron chi connectivity index (χ1n) is 5.87. The lowest BCUT2D eigenvalue weighted by Crippen LogP contribution is -2.41. The van der Waals surface area contributed by atoms with Crippen LogP contribution < -0.4 is 5.32 Å². The fourth-order valence-electron chi connectivity index (χ4n) is 1.47. The molecule has 4 nitrogen and oxygen atoms in total. The molecule has 1 rings (SSSR count). The van der Waals surface area contributed by atoms with Crippen LogP contribution in [0.2, 0.25) is 0 Å². The van der Waals surface area contributed by atoms with Crippen LogP contribution in [0, 0.1) is 5.41 Å². The largest absolute Gasteiger partial charge is 0.480 e. The van der Waals surface area contributed by atoms with Crippen molar-refractivity contribution in [2.24, 2.45) is 5.41 Å². The lowest BCUT2D eigenvalue weighted by molar-refractivity contribution is -0.139. The van der Waals surface area contributed by atoms with Gasteiger partial charge in [0, 0.05) is 0 Å². The Morgan fingerprint density at radius 1 is 1.44 bits per heavy atom. The first-order chi connectivity index (χ1) is 8.29. The average molecular weight is 269 g/mol. The van der Waals surface area contributed by atoms with Gasteiger partial charge in [0.05, 0.1) is 4.88 Å². The highest BCUT2D eigenvalue weighted by molar-refractivity contribution is 7.12. The monoisotopic (exact) mass is 269 g/mol. The highest BCUT2D eigenvalue weighted by atomic mass is 32.1. The Kier molecular flexibility index (Phi) is 4.90. The Hall–Kier alpha value is -1.36. The van der Waals surface area contributed by atoms with Gasteiger partial charge >= 0.3 is 5.97 Å². The average Bonchev–Trinajstić information content (AvgIpc) is 2.75. The van der Waals surface area contributed by atoms with E-state index in [1.807, 2.05) is 20.8 Å². The molecule has 0 saturated heterocycles. The van der Waals surface area contributed by atoms with E-state index in [4.69, 9.17) is 5.11 Å². The fraction of sp³-hybridized carbons (Fsp3) is 0.538. The first-order valence-corrected chi connectivity index (χ1v) is 6.75. The van der Waals surface area contributed by atoms with Crippen LogP contribution in [0.15, 0.2) is 17.5 Å². The molecule has 0 aromatic carbocycles. The van der Waals surface area contributed by atoms with Crippen LogP contribution >= 0.6 is 11.3 Å². The molecule has 2 N–H and O–H groups in total. The predicted molar refractivity (Wildman–Crippen MR) is 71.9 cm³/mol. The molecule has 1 amide bonds. The third-order valence-electron chi connectivity index (χ3n) is 2.53. The third-order valence-corrected chi connectivity index (χ3v) is 3.40. The predicted octanol–water partition coefficient (Wildman–Crippen LogP) is 2.76. The van der Waals surface area contributed by atoms with E-state index in [9.17, 15) is 9.59 Å². The van der Waals surface area contributed by atoms with E-state index in [-0.39, 0.29) is 11.3 Å². The molecule has 0 aliphatic heterocycles. The number of carboxylic acid groups (broad SMARTS) is 1. The fourth-order valence-corrected chi connectivity index (χ4v) is 2.10. The summed E-state index contributed by atoms with van der Waals surface area (Å²) in [5.74, 6) is -1.30. The molecule has 0 radical (unpaired) electrons. The van der Waals surface area contributed by atoms with Gasteiger partial charge in [0.15, 0.2) is 0 Å². The molecule has 0 fully saturated rings. The summed E-state index contributed by atoms with van der Waals surface area (Å²) in [6.45, 7) is 6.15. The van der Waals surface area contributed by atoms with Gasteiger partial charge < -0.3 is 10.4 Å². The van der Waals surface area contributed by atoms with Crippen LogP contribution in [-0.2, 0) is 4.79 Å². The van der Waals surface area contributed by atoms with E-state index in [2.05, 4.69) is 5.32 Å². The van der Waals surface area contributed by atoms with E-state index in [1.54, 1.807) is 17.5 Å². The van der Waals surface area contributed by atoms with Gasteiger partial charge in [-0.15, -0.1) is 11.3 Å². The van der Waals surface area contributed by atoms with Crippen molar-refractivity contribution < 1.29 is 14.7 Å². The Morgan fingerprint density at radius 3 is 2.56 bits per heavy atom. The van der Waals surface area contributed by atoms with E-state index in [1.165, 1.54) is 11.3 Å². The lowest BCUT2D eigenvalue weighted by atomic mass is 9.88. The van der Waals surface area contributed by atoms with E-state index in [0.29, 0.717) is 11.3 Å². The maximum Gasteiger partial charge on any atom is 0.326 e. The number of carbonyl (C=O) groups excluding carboxylic acids is 1. The summed E-state index contributed by atoms with van der Waals surface area (Å²) in [7, 11) is 0. The molecule has 1 atom stereocenters. The van der Waals surface area contributed by atoms with Crippen molar-refractivity contribution in [3.8, 4) is 0 Å². The molecule has 1 aromatic heterocycles. The highest BCUT2D eigenvalue weighted by Gasteiger charge is 2.23. The van der Waals surface area contributed by atoms with Gasteiger partial charge in [-0.05, 0) is 29.7 Å². The van der Waals surface area contributed by atoms with Crippen LogP contribution in [0.4, 0.5) is 0 Å². The molecule has 1 heterocycles. The molecular formula is C13H19NO3S. The van der Waals surface area contributed by atoms with Gasteiger partial charge in [0.1, 0.15) is 6.04 Å². The second kappa shape index (κ2) is 6.00. The van der Waals surface area contributed by atoms with Gasteiger partial charge in [-0.3, -0.25) is 4.79 Å². The molecule has 0 saturated carbocycles. The zero-order valence-electron chi connectivity index (χ0n) is 10.9. The lowest BCUT2D eigenvalue weighted by Gasteiger charge is -2.21. The summed E-state index contributed by atoms with van der Waals surface area (Å²) in [6, 6.07) is 2.63. The van der Waals surface area contributed by atoms with E-state index >= 15 is 0 Å². The van der Waals surface area contributed by atoms with Crippen molar-refractivity contribution in [1.82, 2.24) is 5.32 Å². The van der Waals surface area contributed by atoms with E-state index < -0.39 is 12.0 Å². The number of rotatable bonds is 5. The van der Waals surface area contributed by atoms with Crippen molar-refractivity contribution in [3.05, 3.63) is 22.4 Å². The van der Waals surface area contributed by atoms with Crippen LogP contribution in [-0.4, -0.2) is 23.0 Å². The van der Waals surface area contributed by atoms with Crippen molar-refractivity contribution in [2.45, 2.75) is 39.7 Å². The van der Waals surface area contributed by atoms with Gasteiger partial charge in [-0.1, -0.05) is 26.8 Å². The van der Waals surface area contributed by atoms with Crippen molar-refractivity contribution in [1.29, 1.82) is 0 Å². The molecule has 5 heteroatoms. The normalized spacial score (nSPS) is 13.1. The molecule has 100 valence electrons. The van der Waals surface area contributed by atoms with Gasteiger partial charge in [-0.25, -0.2) is 4.79 Å². The maximum atomic E-state index is 11.8. The summed E-state index contributed by atoms with van der Waals surface area (Å²) < 4.78 is 0. The molecule has 0 aliphatic rings. The molecule has 0 bridgehead atoms. The molecule has 0 aliphatic carbocycles. The summed E-state index contributed by atoms with van der Waals surface area (Å²) in [6.07, 6.45) is 1.19. The van der Waals surface area contributed by atoms with Gasteiger partial charge in [-0.2, -0.15) is 0 Å². The first kappa shape index (κ1) is 14.7. The maximum absolute atomic E-state index is 11.8. The zero-order chi connectivity index (χ0) is 13.8. The molecule has 18 heavy (non-hydrogen) atoms. The van der Waals surface area contributed by atoms with Crippen LogP contribution in [0.25, 0.3) is 0 Å². The minimum absolute atomic E-state index is 0.0569. The second-order valence-corrected chi connectivity index (χ2v) is 6.39. The topological polar surface area (TPSA) is 66.4 Å². The number of amides is 1. The van der Waals surface area contributed by atoms with E-state index in [0.717, 1.165) is 6.42 Å². The summed E-state index contributed by atoms with van der Waals surface area (Å²) in [4.78, 5) is 23.4. The molecule has 1 aromatic rings. The third kappa shape index (κ3) is 4.87. The van der Waals surface area contributed by atoms with Crippen LogP contribution in [0.3, 0.4) is 0 Å². The number of carboxylic acids is 1. The Labute approximate surface area is 111 Å². The number of carbonyl (C=O) groups is 2. The van der Waals surface area contributed by atoms with Gasteiger partial charge in [0.2, 0.25) is 0 Å². The summed E-state index contributed by atoms with van der Waals surface area (Å²) in [5.41, 5.74) is 0.0569. The number of hydrogen-bond donors (Lipinski definition) is 2. The number of hydrogen-bond acceptors (Lipinski definition) is 3. The molecule has 1 unspecified atom stereocenters. The quantitative estimate of drug-likeness (QED) is 0.863. The number of nitrogens with one attached hydrogen (secondary N) is 1. The Balaban J connectivity index is 2.58. The SMILES string of the molecule is CC(C)(C)CCC(NC(=O)c1cccs1)C(=O)O. The van der Waals surface area contributed by atoms with Crippen LogP contribution in [0.1, 0.15) is 43.3 Å². The number of thiophene rings is 1. The van der Waals surface area contributed by atoms with Gasteiger partial charge in [0.25, 0.3) is 5.91 Å². The Morgan fingerprint density at radius 2 is 2.11 bits per heavy atom. The van der Waals surface area contributed by atoms with Crippen molar-refractivity contribution in [3.63, 3.8) is 0 Å². The standard InChI is InChI=1S/C13H19NO3S/c1-13(2,3)7-6-9(12(16)17)14-11(15)10-5-4-8-18-10/h4-5,8-9H,6-7H2,1-3H3,(H,14,15)(H,16,17). The van der Waals surface area contributed by atoms with Crippen molar-refractivity contribution in [2.75, 3.05) is 0 Å². The summed E-state index contributed by atoms with van der Waals surface area (Å²) >= 11 is 1.30. The molecular weight excluding hydrogens is 250 g/mol.